The van der Waals surface area contributed by atoms with Gasteiger partial charge in [-0.15, -0.1) is 0 Å². The molecular formula is C33H46I16N6O6. The van der Waals surface area contributed by atoms with Gasteiger partial charge in [-0.2, -0.15) is 0 Å². The number of nitrogens with one attached hydrogen (secondary N) is 3. The number of anilines is 4. The van der Waals surface area contributed by atoms with Crippen LogP contribution in [0.5, 0.6) is 0 Å². The van der Waals surface area contributed by atoms with Crippen molar-refractivity contribution in [2.24, 2.45) is 5.92 Å². The fourth-order valence-electron chi connectivity index (χ4n) is 5.36. The summed E-state index contributed by atoms with van der Waals surface area (Å²) in [6.45, 7) is 8.54. The number of ketones is 2. The molecule has 9 N–H and O–H groups in total. The zero-order valence-corrected chi connectivity index (χ0v) is 66.0. The van der Waals surface area contributed by atoms with Crippen LogP contribution in [0.1, 0.15) is 85.7 Å². The van der Waals surface area contributed by atoms with Gasteiger partial charge in [0.2, 0.25) is 11.8 Å². The van der Waals surface area contributed by atoms with E-state index in [1.165, 1.54) is 13.0 Å². The van der Waals surface area contributed by atoms with Gasteiger partial charge in [0.05, 0.1) is 0 Å². The molecule has 0 saturated heterocycles. The van der Waals surface area contributed by atoms with E-state index in [-0.39, 0.29) is 71.0 Å². The summed E-state index contributed by atoms with van der Waals surface area (Å²) in [6, 6.07) is 4.97. The van der Waals surface area contributed by atoms with E-state index in [0.29, 0.717) is 59.6 Å². The van der Waals surface area contributed by atoms with Crippen LogP contribution in [-0.2, 0) is 27.2 Å². The summed E-state index contributed by atoms with van der Waals surface area (Å²) in [7, 11) is -2.63. The Balaban J connectivity index is 0.000000516. The van der Waals surface area contributed by atoms with Crippen molar-refractivity contribution >= 4 is 275 Å². The van der Waals surface area contributed by atoms with E-state index in [0.717, 1.165) is 24.0 Å². The van der Waals surface area contributed by atoms with Crippen LogP contribution in [0, 0.1) is 5.92 Å². The number of hydrogen-bond acceptors (Lipinski definition) is 9. The molecule has 0 saturated carbocycles. The van der Waals surface area contributed by atoms with Gasteiger partial charge in [-0.3, -0.25) is 19.2 Å². The van der Waals surface area contributed by atoms with E-state index in [2.05, 4.69) is 190 Å². The van der Waals surface area contributed by atoms with Gasteiger partial charge in [-0.1, -0.05) is 33.9 Å². The summed E-state index contributed by atoms with van der Waals surface area (Å²) >= 11 is 26.7. The molecule has 0 bridgehead atoms. The molecule has 0 unspecified atom stereocenters. The molecular weight excluding hydrogens is 2610 g/mol. The fourth-order valence-corrected chi connectivity index (χ4v) is 2100. The molecule has 2 aromatic carbocycles. The summed E-state index contributed by atoms with van der Waals surface area (Å²) < 4.78 is 4.86. The first kappa shape index (κ1) is 65.8. The average Bonchev–Trinajstić information content (AvgIpc) is 3.20. The monoisotopic (exact) mass is 2650 g/mol. The van der Waals surface area contributed by atoms with E-state index in [9.17, 15) is 24.0 Å². The fraction of sp³-hybridized carbons (Fsp3) is 0.424. The molecule has 0 aromatic heterocycles. The number of fused-ring (bicyclic) bond motifs is 2. The Morgan fingerprint density at radius 3 is 1.59 bits per heavy atom. The van der Waals surface area contributed by atoms with Crippen LogP contribution in [0.4, 0.5) is 27.5 Å². The van der Waals surface area contributed by atoms with Gasteiger partial charge in [0.15, 0.2) is 11.6 Å². The van der Waals surface area contributed by atoms with Gasteiger partial charge in [-0.25, -0.2) is 4.79 Å². The number of halogens is 16. The van der Waals surface area contributed by atoms with Gasteiger partial charge in [0, 0.05) is 46.7 Å². The number of nitrogen functional groups attached to an aromatic ring is 3. The van der Waals surface area contributed by atoms with Gasteiger partial charge in [-0.05, 0) is 73.9 Å². The Kier molecular flexibility index (Phi) is 37.0. The van der Waals surface area contributed by atoms with Gasteiger partial charge < -0.3 is 37.9 Å². The van der Waals surface area contributed by atoms with Crippen LogP contribution in [0.25, 0.3) is 0 Å². The summed E-state index contributed by atoms with van der Waals surface area (Å²) in [5, 5.41) is 7.88. The number of benzene rings is 2. The third-order valence-corrected chi connectivity index (χ3v) is 999. The molecule has 12 nitrogen and oxygen atoms in total. The number of carbonyl (C=O) groups excluding carboxylic acids is 5. The Morgan fingerprint density at radius 1 is 0.689 bits per heavy atom. The van der Waals surface area contributed by atoms with Crippen LogP contribution in [-0.4, -0.2) is 48.2 Å². The van der Waals surface area contributed by atoms with Crippen LogP contribution in [0.3, 0.4) is 0 Å². The molecule has 28 heteroatoms. The first-order chi connectivity index (χ1) is 28.0. The van der Waals surface area contributed by atoms with Gasteiger partial charge >= 0.3 is 229 Å². The van der Waals surface area contributed by atoms with Crippen molar-refractivity contribution in [1.29, 1.82) is 0 Å². The van der Waals surface area contributed by atoms with Crippen molar-refractivity contribution in [2.45, 2.75) is 78.8 Å². The standard InChI is InChI=1S/C22H30N4O5.C10H12N2O.CH4.I16/c1-5-11-31-22(30)26-19(12(2)3)21(29)24-13(4)20(28)25-16-10-9-15(23)18-14(16)7-6-8-17(18)27;11-7-4-5-8(12)10-6(7)2-1-3-9(10)13;;1-10(2)12(5)14(7)16(9)15(8)13(6)11(3)4/h5,9-10,12-13,19H,1,6-8,11,23H2,2-4H3,(H,24,29)(H,25,28)(H,26,30);4-5H,1-3,11-12H2;1H4;/t13-,19-;;;/m0.../s1. The zero-order valence-electron chi connectivity index (χ0n) is 31.5. The van der Waals surface area contributed by atoms with Crippen LogP contribution < -0.4 is 33.2 Å². The second-order valence-corrected chi connectivity index (χ2v) is 353. The molecule has 0 heterocycles. The van der Waals surface area contributed by atoms with Crippen molar-refractivity contribution in [3.63, 3.8) is 0 Å². The van der Waals surface area contributed by atoms with E-state index < -0.39 is 45.8 Å². The van der Waals surface area contributed by atoms with Crippen LogP contribution in [0.2, 0.25) is 0 Å². The van der Waals surface area contributed by atoms with E-state index in [1.807, 2.05) is 0 Å². The number of nitrogens with two attached hydrogens (primary N) is 3. The predicted molar refractivity (Wildman–Crippen MR) is 401 cm³/mol. The molecule has 2 aliphatic rings. The smallest absolute Gasteiger partial charge is 0.165 e. The van der Waals surface area contributed by atoms with Crippen molar-refractivity contribution in [3.05, 3.63) is 59.2 Å². The summed E-state index contributed by atoms with van der Waals surface area (Å²) in [6.07, 6.45) is 4.78. The zero-order chi connectivity index (χ0) is 45.6. The number of ether oxygens (including phenoxy) is 1. The van der Waals surface area contributed by atoms with E-state index >= 15 is 0 Å². The molecule has 0 fully saturated rings. The number of Topliss-reactive ketones (excluding diaryl/α,β-unsaturated/α-hetero) is 2. The molecule has 4 rings (SSSR count). The van der Waals surface area contributed by atoms with Crippen molar-refractivity contribution < 1.29 is 28.7 Å². The van der Waals surface area contributed by atoms with E-state index in [1.54, 1.807) is 38.1 Å². The quantitative estimate of drug-likeness (QED) is 0.0603. The van der Waals surface area contributed by atoms with Crippen molar-refractivity contribution in [2.75, 3.05) is 29.1 Å². The number of alkyl carbamates (subject to hydrolysis) is 1. The number of carbonyl (C=O) groups is 5. The molecule has 0 radical (unpaired) electrons. The summed E-state index contributed by atoms with van der Waals surface area (Å²) in [5.41, 5.74) is 22.4. The number of rotatable bonds is 14. The Bertz CT molecular complexity index is 1830. The molecule has 2 aromatic rings. The maximum atomic E-state index is 12.7. The maximum absolute atomic E-state index is 12.7. The summed E-state index contributed by atoms with van der Waals surface area (Å²) in [4.78, 5) is 60.9. The minimum absolute atomic E-state index is 0. The third kappa shape index (κ3) is 22.1. The molecule has 61 heavy (non-hydrogen) atoms. The largest absolute Gasteiger partial charge is 0.398 e. The second kappa shape index (κ2) is 34.3. The molecule has 0 spiro atoms. The minimum atomic E-state index is -0.882. The van der Waals surface area contributed by atoms with Gasteiger partial charge in [0.1, 0.15) is 18.7 Å². The topological polar surface area (TPSA) is 209 Å². The van der Waals surface area contributed by atoms with Crippen molar-refractivity contribution in [3.8, 4) is 0 Å². The Morgan fingerprint density at radius 2 is 1.13 bits per heavy atom. The molecule has 3 amide bonds. The second-order valence-electron chi connectivity index (χ2n) is 12.3. The molecule has 2 aliphatic carbocycles. The minimum Gasteiger partial charge on any atom is -0.398 e. The normalized spacial score (nSPS) is 15.4. The van der Waals surface area contributed by atoms with Crippen LogP contribution >= 0.6 is 223 Å². The van der Waals surface area contributed by atoms with Crippen LogP contribution in [0.15, 0.2) is 36.9 Å². The Hall–Kier alpha value is 6.81. The first-order valence-electron chi connectivity index (χ1n) is 16.8. The van der Waals surface area contributed by atoms with Gasteiger partial charge in [0.25, 0.3) is 0 Å². The Labute approximate surface area is 474 Å². The third-order valence-electron chi connectivity index (χ3n) is 8.00. The average molecular weight is 2650 g/mol. The number of amides is 3. The SMILES string of the molecule is C.C=CCOC(=O)N[C@H](C(=O)N[C@@H](C)C(=O)Nc1ccc(N)c2c1CCCC2=O)C(C)C.II(I)I(I)I(I)I(I)I(I)I(I)I(I)I.Nc1ccc(N)c2c1CCCC2=O. The van der Waals surface area contributed by atoms with E-state index in [4.69, 9.17) is 21.9 Å². The predicted octanol–water partition coefficient (Wildman–Crippen LogP) is 18.3. The molecule has 2 atom stereocenters. The van der Waals surface area contributed by atoms with Crippen molar-refractivity contribution in [1.82, 2.24) is 10.6 Å². The molecule has 356 valence electrons. The summed E-state index contributed by atoms with van der Waals surface area (Å²) in [5.74, 6) is -1.10. The number of hydrogen-bond donors (Lipinski definition) is 6. The maximum Gasteiger partial charge on any atom is 0.165 e. The first-order valence-corrected chi connectivity index (χ1v) is 111. The molecule has 0 aliphatic heterocycles.